The van der Waals surface area contributed by atoms with Crippen LogP contribution in [0.4, 0.5) is 29.3 Å². The van der Waals surface area contributed by atoms with Crippen LogP contribution in [-0.4, -0.2) is 55.1 Å². The molecule has 0 atom stereocenters. The van der Waals surface area contributed by atoms with Gasteiger partial charge < -0.3 is 20.1 Å². The summed E-state index contributed by atoms with van der Waals surface area (Å²) in [4.78, 5) is 19.0. The maximum absolute atomic E-state index is 13.3. The third kappa shape index (κ3) is 6.86. The number of nitrogens with zero attached hydrogens (tertiary/aromatic N) is 3. The van der Waals surface area contributed by atoms with E-state index < -0.39 is 32.8 Å². The van der Waals surface area contributed by atoms with Gasteiger partial charge in [-0.2, -0.15) is 13.2 Å². The van der Waals surface area contributed by atoms with E-state index in [1.54, 1.807) is 41.1 Å². The number of fused-ring (bicyclic) bond motifs is 1. The van der Waals surface area contributed by atoms with Crippen LogP contribution in [0.3, 0.4) is 0 Å². The Kier molecular flexibility index (Phi) is 8.73. The fourth-order valence-corrected chi connectivity index (χ4v) is 6.34. The van der Waals surface area contributed by atoms with E-state index >= 15 is 0 Å². The van der Waals surface area contributed by atoms with Gasteiger partial charge in [-0.3, -0.25) is 4.98 Å². The molecule has 0 unspecified atom stereocenters. The molecule has 0 saturated carbocycles. The zero-order chi connectivity index (χ0) is 29.9. The number of nitrogens with one attached hydrogen (secondary N) is 3. The molecule has 3 heterocycles. The van der Waals surface area contributed by atoms with Crippen molar-refractivity contribution in [3.05, 3.63) is 77.7 Å². The van der Waals surface area contributed by atoms with Gasteiger partial charge in [0.2, 0.25) is 10.0 Å². The number of hydrogen-bond acceptors (Lipinski definition) is 5. The number of alkyl halides is 3. The normalized spacial score (nSPS) is 14.7. The number of sulfonamides is 1. The molecule has 9 nitrogen and oxygen atoms in total. The molecular weight excluding hydrogens is 593 g/mol. The smallest absolute Gasteiger partial charge is 0.314 e. The van der Waals surface area contributed by atoms with Crippen LogP contribution in [0.5, 0.6) is 0 Å². The zero-order valence-electron chi connectivity index (χ0n) is 22.3. The molecule has 5 rings (SSSR count). The van der Waals surface area contributed by atoms with Crippen molar-refractivity contribution < 1.29 is 26.4 Å². The number of rotatable bonds is 8. The van der Waals surface area contributed by atoms with Crippen LogP contribution >= 0.6 is 11.6 Å². The molecule has 0 spiro atoms. The first kappa shape index (κ1) is 29.8. The fourth-order valence-electron chi connectivity index (χ4n) is 4.89. The predicted octanol–water partition coefficient (Wildman–Crippen LogP) is 6.11. The van der Waals surface area contributed by atoms with Gasteiger partial charge in [-0.15, -0.1) is 0 Å². The Balaban J connectivity index is 1.29. The van der Waals surface area contributed by atoms with Crippen LogP contribution in [0.25, 0.3) is 16.6 Å². The van der Waals surface area contributed by atoms with E-state index in [9.17, 15) is 26.4 Å². The van der Waals surface area contributed by atoms with Crippen molar-refractivity contribution in [1.82, 2.24) is 19.2 Å². The van der Waals surface area contributed by atoms with Gasteiger partial charge in [-0.25, -0.2) is 17.9 Å². The summed E-state index contributed by atoms with van der Waals surface area (Å²) in [5.41, 5.74) is 0.420. The number of aromatic nitrogens is 2. The summed E-state index contributed by atoms with van der Waals surface area (Å²) < 4.78 is 70.3. The van der Waals surface area contributed by atoms with E-state index in [-0.39, 0.29) is 10.6 Å². The first-order chi connectivity index (χ1) is 20.0. The number of benzene rings is 2. The highest BCUT2D eigenvalue weighted by molar-refractivity contribution is 7.89. The standard InChI is InChI=1S/C28H28ClF3N6O3S/c29-24-9-6-20(16-23(24)28(30,31)32)36-27(39)35-19-4-7-21(8-5-19)38-18-26(22-10-11-33-17-25(22)38)42(40,41)34-12-15-37-13-2-1-3-14-37/h4-11,16-18,34H,1-3,12-15H2,(H2,35,36,39). The summed E-state index contributed by atoms with van der Waals surface area (Å²) in [6.07, 6.45) is 3.42. The maximum Gasteiger partial charge on any atom is 0.417 e. The van der Waals surface area contributed by atoms with E-state index in [2.05, 4.69) is 25.2 Å². The van der Waals surface area contributed by atoms with Gasteiger partial charge in [0.1, 0.15) is 4.90 Å². The Morgan fingerprint density at radius 1 is 0.976 bits per heavy atom. The van der Waals surface area contributed by atoms with E-state index in [4.69, 9.17) is 11.6 Å². The number of carbonyl (C=O) groups excluding carboxylic acids is 1. The molecule has 1 saturated heterocycles. The number of hydrogen-bond donors (Lipinski definition) is 3. The molecule has 4 aromatic rings. The third-order valence-corrected chi connectivity index (χ3v) is 8.78. The number of amides is 2. The van der Waals surface area contributed by atoms with Crippen LogP contribution in [0.1, 0.15) is 24.8 Å². The van der Waals surface area contributed by atoms with E-state index in [0.29, 0.717) is 35.4 Å². The Bertz CT molecular complexity index is 1690. The lowest BCUT2D eigenvalue weighted by molar-refractivity contribution is -0.137. The molecule has 2 amide bonds. The fraction of sp³-hybridized carbons (Fsp3) is 0.286. The number of likely N-dealkylation sites (tertiary alicyclic amines) is 1. The van der Waals surface area contributed by atoms with Crippen molar-refractivity contribution in [2.75, 3.05) is 36.8 Å². The second kappa shape index (κ2) is 12.3. The lowest BCUT2D eigenvalue weighted by Gasteiger charge is -2.26. The second-order valence-electron chi connectivity index (χ2n) is 9.87. The highest BCUT2D eigenvalue weighted by Gasteiger charge is 2.33. The molecule has 42 heavy (non-hydrogen) atoms. The van der Waals surface area contributed by atoms with Gasteiger partial charge in [-0.1, -0.05) is 18.0 Å². The molecule has 2 aromatic carbocycles. The molecule has 0 bridgehead atoms. The SMILES string of the molecule is O=C(Nc1ccc(-n2cc(S(=O)(=O)NCCN3CCCCC3)c3ccncc32)cc1)Nc1ccc(Cl)c(C(F)(F)F)c1. The number of anilines is 2. The molecule has 0 aliphatic carbocycles. The van der Waals surface area contributed by atoms with Crippen molar-refractivity contribution >= 4 is 49.9 Å². The predicted molar refractivity (Wildman–Crippen MR) is 156 cm³/mol. The highest BCUT2D eigenvalue weighted by Crippen LogP contribution is 2.36. The highest BCUT2D eigenvalue weighted by atomic mass is 35.5. The van der Waals surface area contributed by atoms with Crippen LogP contribution in [0.15, 0.2) is 72.0 Å². The maximum atomic E-state index is 13.3. The first-order valence-corrected chi connectivity index (χ1v) is 15.1. The molecule has 1 aliphatic heterocycles. The largest absolute Gasteiger partial charge is 0.417 e. The summed E-state index contributed by atoms with van der Waals surface area (Å²) in [7, 11) is -3.81. The van der Waals surface area contributed by atoms with Gasteiger partial charge >= 0.3 is 12.2 Å². The minimum atomic E-state index is -4.67. The van der Waals surface area contributed by atoms with Crippen molar-refractivity contribution in [2.24, 2.45) is 0 Å². The lowest BCUT2D eigenvalue weighted by Crippen LogP contribution is -2.37. The third-order valence-electron chi connectivity index (χ3n) is 6.96. The Labute approximate surface area is 245 Å². The van der Waals surface area contributed by atoms with Crippen molar-refractivity contribution in [1.29, 1.82) is 0 Å². The topological polar surface area (TPSA) is 108 Å². The Morgan fingerprint density at radius 2 is 1.67 bits per heavy atom. The van der Waals surface area contributed by atoms with E-state index in [1.807, 2.05) is 0 Å². The number of carbonyl (C=O) groups is 1. The minimum absolute atomic E-state index is 0.0783. The molecule has 2 aromatic heterocycles. The van der Waals surface area contributed by atoms with E-state index in [0.717, 1.165) is 38.1 Å². The molecular formula is C28H28ClF3N6O3S. The lowest BCUT2D eigenvalue weighted by atomic mass is 10.1. The monoisotopic (exact) mass is 620 g/mol. The number of pyridine rings is 1. The van der Waals surface area contributed by atoms with Gasteiger partial charge in [0.05, 0.1) is 22.3 Å². The first-order valence-electron chi connectivity index (χ1n) is 13.2. The number of halogens is 4. The number of piperidine rings is 1. The summed E-state index contributed by atoms with van der Waals surface area (Å²) >= 11 is 5.63. The quantitative estimate of drug-likeness (QED) is 0.220. The Hall–Kier alpha value is -3.65. The summed E-state index contributed by atoms with van der Waals surface area (Å²) in [5.74, 6) is 0. The zero-order valence-corrected chi connectivity index (χ0v) is 23.9. The Morgan fingerprint density at radius 3 is 2.38 bits per heavy atom. The van der Waals surface area contributed by atoms with Gasteiger partial charge in [0, 0.05) is 47.9 Å². The average molecular weight is 621 g/mol. The number of urea groups is 1. The van der Waals surface area contributed by atoms with Crippen LogP contribution in [0.2, 0.25) is 5.02 Å². The second-order valence-corrected chi connectivity index (χ2v) is 12.0. The summed E-state index contributed by atoms with van der Waals surface area (Å²) in [6.45, 7) is 2.89. The average Bonchev–Trinajstić information content (AvgIpc) is 3.35. The molecule has 0 radical (unpaired) electrons. The molecule has 14 heteroatoms. The molecule has 3 N–H and O–H groups in total. The molecule has 1 aliphatic rings. The van der Waals surface area contributed by atoms with Crippen LogP contribution in [0, 0.1) is 0 Å². The summed E-state index contributed by atoms with van der Waals surface area (Å²) in [5, 5.41) is 4.96. The van der Waals surface area contributed by atoms with Crippen molar-refractivity contribution in [3.8, 4) is 5.69 Å². The molecule has 222 valence electrons. The van der Waals surface area contributed by atoms with Crippen molar-refractivity contribution in [3.63, 3.8) is 0 Å². The van der Waals surface area contributed by atoms with Gasteiger partial charge in [-0.05, 0) is 74.5 Å². The minimum Gasteiger partial charge on any atom is -0.314 e. The van der Waals surface area contributed by atoms with Crippen LogP contribution < -0.4 is 15.4 Å². The van der Waals surface area contributed by atoms with E-state index in [1.165, 1.54) is 24.9 Å². The molecule has 1 fully saturated rings. The summed E-state index contributed by atoms with van der Waals surface area (Å²) in [6, 6.07) is 10.5. The van der Waals surface area contributed by atoms with Gasteiger partial charge in [0.15, 0.2) is 0 Å². The van der Waals surface area contributed by atoms with Gasteiger partial charge in [0.25, 0.3) is 0 Å². The van der Waals surface area contributed by atoms with Crippen molar-refractivity contribution in [2.45, 2.75) is 30.3 Å². The van der Waals surface area contributed by atoms with Crippen LogP contribution in [-0.2, 0) is 16.2 Å².